The van der Waals surface area contributed by atoms with E-state index >= 15 is 0 Å². The molecule has 1 aromatic heterocycles. The highest BCUT2D eigenvalue weighted by Gasteiger charge is 2.44. The molecular weight excluding hydrogens is 336 g/mol. The van der Waals surface area contributed by atoms with Crippen LogP contribution < -0.4 is 0 Å². The number of aromatic nitrogens is 3. The Bertz CT molecular complexity index is 798. The summed E-state index contributed by atoms with van der Waals surface area (Å²) in [7, 11) is 1.47. The Labute approximate surface area is 151 Å². The number of carbonyl (C=O) groups excluding carboxylic acids is 1. The number of benzene rings is 1. The number of hydrogen-bond acceptors (Lipinski definition) is 5. The predicted octanol–water partition coefficient (Wildman–Crippen LogP) is 1.53. The maximum Gasteiger partial charge on any atom is 0.313 e. The molecule has 0 saturated carbocycles. The molecule has 1 aromatic carbocycles. The second kappa shape index (κ2) is 7.25. The minimum Gasteiger partial charge on any atom is -0.481 e. The molecule has 1 atom stereocenters. The summed E-state index contributed by atoms with van der Waals surface area (Å²) in [4.78, 5) is 26.1. The van der Waals surface area contributed by atoms with Gasteiger partial charge in [-0.25, -0.2) is 4.68 Å². The molecule has 1 unspecified atom stereocenters. The molecule has 26 heavy (non-hydrogen) atoms. The van der Waals surface area contributed by atoms with Gasteiger partial charge in [0.2, 0.25) is 0 Å². The van der Waals surface area contributed by atoms with Crippen LogP contribution in [0.4, 0.5) is 0 Å². The van der Waals surface area contributed by atoms with Gasteiger partial charge in [0.25, 0.3) is 5.91 Å². The van der Waals surface area contributed by atoms with E-state index < -0.39 is 11.4 Å². The van der Waals surface area contributed by atoms with Gasteiger partial charge < -0.3 is 14.7 Å². The van der Waals surface area contributed by atoms with Gasteiger partial charge >= 0.3 is 5.97 Å². The zero-order valence-electron chi connectivity index (χ0n) is 14.9. The molecular formula is C18H22N4O4. The molecule has 1 N–H and O–H groups in total. The summed E-state index contributed by atoms with van der Waals surface area (Å²) in [6.45, 7) is 2.66. The summed E-state index contributed by atoms with van der Waals surface area (Å²) >= 11 is 0. The van der Waals surface area contributed by atoms with Gasteiger partial charge in [0.05, 0.1) is 18.5 Å². The number of methoxy groups -OCH3 is 1. The molecule has 1 aliphatic heterocycles. The quantitative estimate of drug-likeness (QED) is 0.870. The molecule has 0 radical (unpaired) electrons. The van der Waals surface area contributed by atoms with Crippen molar-refractivity contribution < 1.29 is 19.4 Å². The highest BCUT2D eigenvalue weighted by Crippen LogP contribution is 2.31. The van der Waals surface area contributed by atoms with Gasteiger partial charge in [-0.3, -0.25) is 9.59 Å². The Morgan fingerprint density at radius 3 is 2.69 bits per heavy atom. The van der Waals surface area contributed by atoms with Crippen molar-refractivity contribution in [3.05, 3.63) is 41.7 Å². The first-order chi connectivity index (χ1) is 12.4. The second-order valence-corrected chi connectivity index (χ2v) is 6.73. The average Bonchev–Trinajstić information content (AvgIpc) is 3.12. The number of amides is 1. The Morgan fingerprint density at radius 2 is 2.04 bits per heavy atom. The van der Waals surface area contributed by atoms with Crippen LogP contribution in [-0.4, -0.2) is 63.7 Å². The van der Waals surface area contributed by atoms with Gasteiger partial charge in [0.1, 0.15) is 5.41 Å². The van der Waals surface area contributed by atoms with Crippen LogP contribution in [0.25, 0.3) is 5.69 Å². The van der Waals surface area contributed by atoms with E-state index in [9.17, 15) is 14.7 Å². The van der Waals surface area contributed by atoms with Crippen LogP contribution in [0.2, 0.25) is 0 Å². The van der Waals surface area contributed by atoms with E-state index in [2.05, 4.69) is 10.3 Å². The fourth-order valence-electron chi connectivity index (χ4n) is 3.28. The largest absolute Gasteiger partial charge is 0.481 e. The van der Waals surface area contributed by atoms with Crippen LogP contribution >= 0.6 is 0 Å². The van der Waals surface area contributed by atoms with E-state index in [0.29, 0.717) is 19.4 Å². The number of hydrogen-bond donors (Lipinski definition) is 1. The second-order valence-electron chi connectivity index (χ2n) is 6.73. The molecule has 3 rings (SSSR count). The third-order valence-electron chi connectivity index (χ3n) is 4.75. The van der Waals surface area contributed by atoms with Gasteiger partial charge in [-0.05, 0) is 31.9 Å². The third kappa shape index (κ3) is 3.45. The van der Waals surface area contributed by atoms with Crippen molar-refractivity contribution >= 4 is 11.9 Å². The molecule has 8 heteroatoms. The summed E-state index contributed by atoms with van der Waals surface area (Å²) in [5, 5.41) is 17.6. The minimum atomic E-state index is -1.07. The number of nitrogens with zero attached hydrogens (tertiary/aromatic N) is 4. The fourth-order valence-corrected chi connectivity index (χ4v) is 3.28. The Hall–Kier alpha value is -2.74. The van der Waals surface area contributed by atoms with Crippen molar-refractivity contribution in [3.63, 3.8) is 0 Å². The lowest BCUT2D eigenvalue weighted by Gasteiger charge is -2.39. The standard InChI is InChI=1S/C18H22N4O4/c1-13-4-6-14(7-5-13)22-10-15(19-20-22)16(23)21-9-3-8-18(11-21,12-26-2)17(24)25/h4-7,10H,3,8-9,11-12H2,1-2H3,(H,24,25). The summed E-state index contributed by atoms with van der Waals surface area (Å²) in [6, 6.07) is 7.70. The van der Waals surface area contributed by atoms with Crippen molar-refractivity contribution in [2.24, 2.45) is 5.41 Å². The molecule has 2 aromatic rings. The fraction of sp³-hybridized carbons (Fsp3) is 0.444. The zero-order valence-corrected chi connectivity index (χ0v) is 14.9. The number of carboxylic acids is 1. The molecule has 0 aliphatic carbocycles. The molecule has 1 fully saturated rings. The van der Waals surface area contributed by atoms with Crippen molar-refractivity contribution in [2.75, 3.05) is 26.8 Å². The first-order valence-corrected chi connectivity index (χ1v) is 8.46. The van der Waals surface area contributed by atoms with Crippen molar-refractivity contribution in [3.8, 4) is 5.69 Å². The topological polar surface area (TPSA) is 97.6 Å². The maximum absolute atomic E-state index is 12.8. The zero-order chi connectivity index (χ0) is 18.7. The van der Waals surface area contributed by atoms with Crippen LogP contribution in [0.3, 0.4) is 0 Å². The molecule has 1 aliphatic rings. The number of aryl methyl sites for hydroxylation is 1. The van der Waals surface area contributed by atoms with Crippen molar-refractivity contribution in [2.45, 2.75) is 19.8 Å². The lowest BCUT2D eigenvalue weighted by Crippen LogP contribution is -2.52. The number of piperidine rings is 1. The van der Waals surface area contributed by atoms with Crippen LogP contribution in [0.15, 0.2) is 30.5 Å². The van der Waals surface area contributed by atoms with Crippen molar-refractivity contribution in [1.29, 1.82) is 0 Å². The molecule has 8 nitrogen and oxygen atoms in total. The summed E-state index contributed by atoms with van der Waals surface area (Å²) in [5.74, 6) is -1.26. The van der Waals surface area contributed by atoms with E-state index in [1.54, 1.807) is 6.20 Å². The van der Waals surface area contributed by atoms with E-state index in [4.69, 9.17) is 4.74 Å². The van der Waals surface area contributed by atoms with E-state index in [-0.39, 0.29) is 24.8 Å². The molecule has 0 spiro atoms. The summed E-state index contributed by atoms with van der Waals surface area (Å²) < 4.78 is 6.64. The van der Waals surface area contributed by atoms with Crippen LogP contribution in [-0.2, 0) is 9.53 Å². The van der Waals surface area contributed by atoms with Crippen LogP contribution in [0, 0.1) is 12.3 Å². The van der Waals surface area contributed by atoms with Gasteiger partial charge in [0, 0.05) is 20.2 Å². The van der Waals surface area contributed by atoms with Crippen LogP contribution in [0.5, 0.6) is 0 Å². The first kappa shape index (κ1) is 18.1. The highest BCUT2D eigenvalue weighted by molar-refractivity contribution is 5.92. The number of likely N-dealkylation sites (tertiary alicyclic amines) is 1. The predicted molar refractivity (Wildman–Crippen MR) is 93.2 cm³/mol. The Balaban J connectivity index is 1.79. The Kier molecular flexibility index (Phi) is 5.03. The number of carbonyl (C=O) groups is 2. The molecule has 0 bridgehead atoms. The minimum absolute atomic E-state index is 0.0716. The number of carboxylic acid groups (broad SMARTS) is 1. The SMILES string of the molecule is COCC1(C(=O)O)CCCN(C(=O)c2cn(-c3ccc(C)cc3)nn2)C1. The first-order valence-electron chi connectivity index (χ1n) is 8.46. The van der Waals surface area contributed by atoms with E-state index in [1.807, 2.05) is 31.2 Å². The van der Waals surface area contributed by atoms with Gasteiger partial charge in [0.15, 0.2) is 5.69 Å². The third-order valence-corrected chi connectivity index (χ3v) is 4.75. The van der Waals surface area contributed by atoms with Crippen molar-refractivity contribution in [1.82, 2.24) is 19.9 Å². The number of ether oxygens (including phenoxy) is 1. The number of aliphatic carboxylic acids is 1. The van der Waals surface area contributed by atoms with Gasteiger partial charge in [-0.1, -0.05) is 22.9 Å². The lowest BCUT2D eigenvalue weighted by molar-refractivity contribution is -0.155. The van der Waals surface area contributed by atoms with Gasteiger partial charge in [-0.2, -0.15) is 0 Å². The average molecular weight is 358 g/mol. The van der Waals surface area contributed by atoms with Gasteiger partial charge in [-0.15, -0.1) is 5.10 Å². The van der Waals surface area contributed by atoms with E-state index in [1.165, 1.54) is 16.7 Å². The maximum atomic E-state index is 12.8. The molecule has 138 valence electrons. The number of rotatable bonds is 5. The smallest absolute Gasteiger partial charge is 0.313 e. The molecule has 1 saturated heterocycles. The van der Waals surface area contributed by atoms with Crippen LogP contribution in [0.1, 0.15) is 28.9 Å². The van der Waals surface area contributed by atoms with E-state index in [0.717, 1.165) is 11.3 Å². The summed E-state index contributed by atoms with van der Waals surface area (Å²) in [5.41, 5.74) is 1.06. The summed E-state index contributed by atoms with van der Waals surface area (Å²) in [6.07, 6.45) is 2.66. The lowest BCUT2D eigenvalue weighted by atomic mass is 9.80. The Morgan fingerprint density at radius 1 is 1.31 bits per heavy atom. The monoisotopic (exact) mass is 358 g/mol. The molecule has 1 amide bonds. The molecule has 2 heterocycles. The normalized spacial score (nSPS) is 20.2. The highest BCUT2D eigenvalue weighted by atomic mass is 16.5.